The average Bonchev–Trinajstić information content (AvgIpc) is 3.28. The summed E-state index contributed by atoms with van der Waals surface area (Å²) in [5.74, 6) is 0.211. The molecular formula is C15H21N3O2. The van der Waals surface area contributed by atoms with Crippen LogP contribution in [0.5, 0.6) is 0 Å². The molecule has 1 aromatic rings. The van der Waals surface area contributed by atoms with Gasteiger partial charge in [-0.25, -0.2) is 0 Å². The molecule has 1 atom stereocenters. The Morgan fingerprint density at radius 2 is 1.85 bits per heavy atom. The fourth-order valence-corrected chi connectivity index (χ4v) is 2.01. The molecule has 5 heteroatoms. The van der Waals surface area contributed by atoms with Crippen molar-refractivity contribution in [2.75, 3.05) is 13.1 Å². The lowest BCUT2D eigenvalue weighted by Gasteiger charge is -2.12. The van der Waals surface area contributed by atoms with E-state index in [4.69, 9.17) is 5.73 Å². The third-order valence-corrected chi connectivity index (χ3v) is 3.42. The van der Waals surface area contributed by atoms with E-state index < -0.39 is 0 Å². The largest absolute Gasteiger partial charge is 0.353 e. The lowest BCUT2D eigenvalue weighted by Crippen LogP contribution is -2.43. The van der Waals surface area contributed by atoms with Gasteiger partial charge in [-0.05, 0) is 24.3 Å². The summed E-state index contributed by atoms with van der Waals surface area (Å²) >= 11 is 0. The van der Waals surface area contributed by atoms with Crippen LogP contribution in [0.2, 0.25) is 0 Å². The van der Waals surface area contributed by atoms with Gasteiger partial charge in [0.25, 0.3) is 0 Å². The molecule has 20 heavy (non-hydrogen) atoms. The second-order valence-corrected chi connectivity index (χ2v) is 5.24. The topological polar surface area (TPSA) is 84.2 Å². The highest BCUT2D eigenvalue weighted by Crippen LogP contribution is 2.31. The SMILES string of the molecule is NC(CNC(=O)CNC(=O)Cc1ccccc1)C1CC1. The van der Waals surface area contributed by atoms with Gasteiger partial charge in [-0.1, -0.05) is 30.3 Å². The van der Waals surface area contributed by atoms with Crippen LogP contribution in [0.1, 0.15) is 18.4 Å². The molecule has 1 saturated carbocycles. The molecule has 0 heterocycles. The van der Waals surface area contributed by atoms with Crippen LogP contribution in [0.3, 0.4) is 0 Å². The fraction of sp³-hybridized carbons (Fsp3) is 0.467. The van der Waals surface area contributed by atoms with Crippen molar-refractivity contribution in [2.24, 2.45) is 11.7 Å². The van der Waals surface area contributed by atoms with E-state index in [1.165, 1.54) is 0 Å². The van der Waals surface area contributed by atoms with Crippen LogP contribution in [0.25, 0.3) is 0 Å². The van der Waals surface area contributed by atoms with Crippen molar-refractivity contribution in [3.8, 4) is 0 Å². The fourth-order valence-electron chi connectivity index (χ4n) is 2.01. The Bertz CT molecular complexity index is 457. The van der Waals surface area contributed by atoms with Gasteiger partial charge in [0.1, 0.15) is 0 Å². The highest BCUT2D eigenvalue weighted by molar-refractivity contribution is 5.85. The first kappa shape index (κ1) is 14.5. The second-order valence-electron chi connectivity index (χ2n) is 5.24. The quantitative estimate of drug-likeness (QED) is 0.664. The molecule has 1 fully saturated rings. The second kappa shape index (κ2) is 7.05. The molecule has 0 bridgehead atoms. The summed E-state index contributed by atoms with van der Waals surface area (Å²) in [4.78, 5) is 23.2. The summed E-state index contributed by atoms with van der Waals surface area (Å²) in [7, 11) is 0. The van der Waals surface area contributed by atoms with Crippen LogP contribution in [0, 0.1) is 5.92 Å². The van der Waals surface area contributed by atoms with E-state index in [0.717, 1.165) is 18.4 Å². The number of nitrogens with one attached hydrogen (secondary N) is 2. The van der Waals surface area contributed by atoms with Gasteiger partial charge in [0.2, 0.25) is 11.8 Å². The van der Waals surface area contributed by atoms with Crippen molar-refractivity contribution in [3.05, 3.63) is 35.9 Å². The minimum absolute atomic E-state index is 0.00303. The van der Waals surface area contributed by atoms with E-state index in [1.807, 2.05) is 30.3 Å². The van der Waals surface area contributed by atoms with Crippen LogP contribution in [0.4, 0.5) is 0 Å². The highest BCUT2D eigenvalue weighted by Gasteiger charge is 2.28. The van der Waals surface area contributed by atoms with E-state index >= 15 is 0 Å². The predicted octanol–water partition coefficient (Wildman–Crippen LogP) is 0.199. The number of nitrogens with two attached hydrogens (primary N) is 1. The molecule has 0 spiro atoms. The van der Waals surface area contributed by atoms with Gasteiger partial charge < -0.3 is 16.4 Å². The lowest BCUT2D eigenvalue weighted by molar-refractivity contribution is -0.125. The molecule has 2 amide bonds. The third kappa shape index (κ3) is 5.01. The molecule has 4 N–H and O–H groups in total. The van der Waals surface area contributed by atoms with Crippen LogP contribution in [-0.2, 0) is 16.0 Å². The van der Waals surface area contributed by atoms with Gasteiger partial charge >= 0.3 is 0 Å². The van der Waals surface area contributed by atoms with E-state index in [0.29, 0.717) is 12.5 Å². The Morgan fingerprint density at radius 3 is 2.50 bits per heavy atom. The molecule has 1 unspecified atom stereocenters. The normalized spacial score (nSPS) is 15.4. The van der Waals surface area contributed by atoms with Crippen LogP contribution in [0.15, 0.2) is 30.3 Å². The van der Waals surface area contributed by atoms with Crippen molar-refractivity contribution in [1.82, 2.24) is 10.6 Å². The molecule has 1 aliphatic carbocycles. The van der Waals surface area contributed by atoms with E-state index in [9.17, 15) is 9.59 Å². The number of carbonyl (C=O) groups is 2. The van der Waals surface area contributed by atoms with Gasteiger partial charge in [0.15, 0.2) is 0 Å². The van der Waals surface area contributed by atoms with Crippen molar-refractivity contribution < 1.29 is 9.59 Å². The Hall–Kier alpha value is -1.88. The number of amides is 2. The number of hydrogen-bond acceptors (Lipinski definition) is 3. The van der Waals surface area contributed by atoms with Crippen molar-refractivity contribution >= 4 is 11.8 Å². The number of benzene rings is 1. The Labute approximate surface area is 118 Å². The molecule has 0 saturated heterocycles. The van der Waals surface area contributed by atoms with E-state index in [1.54, 1.807) is 0 Å². The zero-order chi connectivity index (χ0) is 14.4. The van der Waals surface area contributed by atoms with Gasteiger partial charge in [0.05, 0.1) is 13.0 Å². The third-order valence-electron chi connectivity index (χ3n) is 3.42. The lowest BCUT2D eigenvalue weighted by atomic mass is 10.1. The summed E-state index contributed by atoms with van der Waals surface area (Å²) in [6.45, 7) is 0.487. The molecule has 1 aromatic carbocycles. The Kier molecular flexibility index (Phi) is 5.12. The smallest absolute Gasteiger partial charge is 0.239 e. The summed E-state index contributed by atoms with van der Waals surface area (Å²) in [6, 6.07) is 9.47. The minimum Gasteiger partial charge on any atom is -0.353 e. The number of carbonyl (C=O) groups excluding carboxylic acids is 2. The zero-order valence-electron chi connectivity index (χ0n) is 11.5. The van der Waals surface area contributed by atoms with E-state index in [-0.39, 0.29) is 30.8 Å². The monoisotopic (exact) mass is 275 g/mol. The first-order chi connectivity index (χ1) is 9.65. The highest BCUT2D eigenvalue weighted by atomic mass is 16.2. The molecule has 5 nitrogen and oxygen atoms in total. The van der Waals surface area contributed by atoms with Gasteiger partial charge in [-0.3, -0.25) is 9.59 Å². The molecule has 0 aliphatic heterocycles. The summed E-state index contributed by atoms with van der Waals surface area (Å²) in [6.07, 6.45) is 2.60. The van der Waals surface area contributed by atoms with Gasteiger partial charge in [-0.2, -0.15) is 0 Å². The summed E-state index contributed by atoms with van der Waals surface area (Å²) in [5, 5.41) is 5.35. The standard InChI is InChI=1S/C15H21N3O2/c16-13(12-6-7-12)9-17-15(20)10-18-14(19)8-11-4-2-1-3-5-11/h1-5,12-13H,6-10,16H2,(H,17,20)(H,18,19). The maximum Gasteiger partial charge on any atom is 0.239 e. The van der Waals surface area contributed by atoms with Crippen molar-refractivity contribution in [2.45, 2.75) is 25.3 Å². The number of hydrogen-bond donors (Lipinski definition) is 3. The maximum atomic E-state index is 11.7. The molecule has 108 valence electrons. The predicted molar refractivity (Wildman–Crippen MR) is 76.9 cm³/mol. The molecular weight excluding hydrogens is 254 g/mol. The minimum atomic E-state index is -0.192. The Morgan fingerprint density at radius 1 is 1.15 bits per heavy atom. The Balaban J connectivity index is 1.61. The molecule has 2 rings (SSSR count). The van der Waals surface area contributed by atoms with Crippen molar-refractivity contribution in [3.63, 3.8) is 0 Å². The zero-order valence-corrected chi connectivity index (χ0v) is 11.5. The first-order valence-corrected chi connectivity index (χ1v) is 6.98. The summed E-state index contributed by atoms with van der Waals surface area (Å²) in [5.41, 5.74) is 6.81. The number of rotatable bonds is 7. The molecule has 1 aliphatic rings. The average molecular weight is 275 g/mol. The maximum absolute atomic E-state index is 11.7. The van der Waals surface area contributed by atoms with Crippen LogP contribution in [-0.4, -0.2) is 30.9 Å². The van der Waals surface area contributed by atoms with Gasteiger partial charge in [0, 0.05) is 12.6 Å². The van der Waals surface area contributed by atoms with Crippen molar-refractivity contribution in [1.29, 1.82) is 0 Å². The molecule has 0 radical (unpaired) electrons. The van der Waals surface area contributed by atoms with Gasteiger partial charge in [-0.15, -0.1) is 0 Å². The van der Waals surface area contributed by atoms with Crippen LogP contribution >= 0.6 is 0 Å². The van der Waals surface area contributed by atoms with Crippen LogP contribution < -0.4 is 16.4 Å². The first-order valence-electron chi connectivity index (χ1n) is 6.98. The summed E-state index contributed by atoms with van der Waals surface area (Å²) < 4.78 is 0. The van der Waals surface area contributed by atoms with E-state index in [2.05, 4.69) is 10.6 Å². The molecule has 0 aromatic heterocycles.